The molecule has 0 radical (unpaired) electrons. The van der Waals surface area contributed by atoms with Crippen LogP contribution in [0.1, 0.15) is 22.7 Å². The van der Waals surface area contributed by atoms with E-state index in [-0.39, 0.29) is 11.9 Å². The molecule has 0 aromatic heterocycles. The summed E-state index contributed by atoms with van der Waals surface area (Å²) in [6.07, 6.45) is 0.919. The van der Waals surface area contributed by atoms with Gasteiger partial charge in [-0.1, -0.05) is 37.9 Å². The van der Waals surface area contributed by atoms with Crippen molar-refractivity contribution in [3.63, 3.8) is 0 Å². The Morgan fingerprint density at radius 1 is 1.19 bits per heavy atom. The van der Waals surface area contributed by atoms with E-state index in [1.54, 1.807) is 6.07 Å². The van der Waals surface area contributed by atoms with Gasteiger partial charge in [-0.15, -0.1) is 0 Å². The first-order valence-corrected chi connectivity index (χ1v) is 8.26. The van der Waals surface area contributed by atoms with Gasteiger partial charge in [0.05, 0.1) is 12.6 Å². The molecule has 0 aliphatic carbocycles. The van der Waals surface area contributed by atoms with Crippen LogP contribution in [0.5, 0.6) is 5.75 Å². The number of ether oxygens (including phenoxy) is 1. The molecule has 110 valence electrons. The lowest BCUT2D eigenvalue weighted by Gasteiger charge is -2.21. The smallest absolute Gasteiger partial charge is 0.127 e. The summed E-state index contributed by atoms with van der Waals surface area (Å²) < 4.78 is 20.9. The normalized spacial score (nSPS) is 14.7. The third-order valence-corrected chi connectivity index (χ3v) is 4.79. The first-order chi connectivity index (χ1) is 10.1. The molecular formula is C16H14Br2FNO. The van der Waals surface area contributed by atoms with E-state index in [0.717, 1.165) is 32.2 Å². The van der Waals surface area contributed by atoms with E-state index in [9.17, 15) is 4.39 Å². The van der Waals surface area contributed by atoms with E-state index in [4.69, 9.17) is 4.74 Å². The lowest BCUT2D eigenvalue weighted by Crippen LogP contribution is -2.19. The molecule has 1 atom stereocenters. The third kappa shape index (κ3) is 2.87. The van der Waals surface area contributed by atoms with Gasteiger partial charge in [-0.3, -0.25) is 0 Å². The molecule has 0 spiro atoms. The lowest BCUT2D eigenvalue weighted by atomic mass is 9.96. The van der Waals surface area contributed by atoms with Crippen molar-refractivity contribution < 1.29 is 9.13 Å². The second kappa shape index (κ2) is 6.07. The summed E-state index contributed by atoms with van der Waals surface area (Å²) in [6.45, 7) is 0.708. The highest BCUT2D eigenvalue weighted by Gasteiger charge is 2.24. The average Bonchev–Trinajstić information content (AvgIpc) is 2.89. The fraction of sp³-hybridized carbons (Fsp3) is 0.250. The highest BCUT2D eigenvalue weighted by molar-refractivity contribution is 9.10. The quantitative estimate of drug-likeness (QED) is 0.792. The number of hydrogen-bond donors (Lipinski definition) is 1. The van der Waals surface area contributed by atoms with Crippen LogP contribution in [0.25, 0.3) is 0 Å². The second-order valence-corrected chi connectivity index (χ2v) is 6.74. The van der Waals surface area contributed by atoms with E-state index in [1.807, 2.05) is 7.05 Å². The molecule has 1 aliphatic rings. The van der Waals surface area contributed by atoms with Crippen LogP contribution in [0.4, 0.5) is 4.39 Å². The standard InChI is InChI=1S/C16H14Br2FNO/c1-20-15(12-3-2-11(19)8-14(12)18)13-7-10(17)6-9-4-5-21-16(9)13/h2-3,6-8,15,20H,4-5H2,1H3. The number of fused-ring (bicyclic) bond motifs is 1. The molecule has 5 heteroatoms. The zero-order valence-electron chi connectivity index (χ0n) is 11.4. The second-order valence-electron chi connectivity index (χ2n) is 4.97. The Morgan fingerprint density at radius 2 is 2.00 bits per heavy atom. The lowest BCUT2D eigenvalue weighted by molar-refractivity contribution is 0.351. The van der Waals surface area contributed by atoms with Crippen molar-refractivity contribution in [2.24, 2.45) is 0 Å². The van der Waals surface area contributed by atoms with Gasteiger partial charge in [0.25, 0.3) is 0 Å². The van der Waals surface area contributed by atoms with Crippen LogP contribution in [-0.2, 0) is 6.42 Å². The Hall–Kier alpha value is -0.910. The number of halogens is 3. The molecule has 0 bridgehead atoms. The summed E-state index contributed by atoms with van der Waals surface area (Å²) in [4.78, 5) is 0. The summed E-state index contributed by atoms with van der Waals surface area (Å²) in [5, 5.41) is 3.30. The van der Waals surface area contributed by atoms with E-state index in [0.29, 0.717) is 6.61 Å². The van der Waals surface area contributed by atoms with Gasteiger partial charge in [0.1, 0.15) is 11.6 Å². The van der Waals surface area contributed by atoms with Crippen molar-refractivity contribution in [1.82, 2.24) is 5.32 Å². The highest BCUT2D eigenvalue weighted by Crippen LogP contribution is 2.40. The molecular weight excluding hydrogens is 401 g/mol. The molecule has 2 aromatic rings. The molecule has 2 aromatic carbocycles. The van der Waals surface area contributed by atoms with E-state index in [2.05, 4.69) is 49.3 Å². The molecule has 1 heterocycles. The summed E-state index contributed by atoms with van der Waals surface area (Å²) in [5.41, 5.74) is 3.25. The van der Waals surface area contributed by atoms with Gasteiger partial charge in [-0.25, -0.2) is 4.39 Å². The zero-order valence-corrected chi connectivity index (χ0v) is 14.6. The summed E-state index contributed by atoms with van der Waals surface area (Å²) in [5.74, 6) is 0.685. The molecule has 0 saturated heterocycles. The summed E-state index contributed by atoms with van der Waals surface area (Å²) >= 11 is 7.01. The van der Waals surface area contributed by atoms with Gasteiger partial charge in [0, 0.05) is 20.9 Å². The number of rotatable bonds is 3. The van der Waals surface area contributed by atoms with Crippen molar-refractivity contribution >= 4 is 31.9 Å². The first-order valence-electron chi connectivity index (χ1n) is 6.67. The monoisotopic (exact) mass is 413 g/mol. The fourth-order valence-electron chi connectivity index (χ4n) is 2.73. The Balaban J connectivity index is 2.13. The third-order valence-electron chi connectivity index (χ3n) is 3.65. The van der Waals surface area contributed by atoms with E-state index < -0.39 is 0 Å². The molecule has 1 N–H and O–H groups in total. The van der Waals surface area contributed by atoms with E-state index in [1.165, 1.54) is 17.7 Å². The maximum Gasteiger partial charge on any atom is 0.127 e. The van der Waals surface area contributed by atoms with Gasteiger partial charge in [-0.05, 0) is 42.4 Å². The highest BCUT2D eigenvalue weighted by atomic mass is 79.9. The van der Waals surface area contributed by atoms with Gasteiger partial charge >= 0.3 is 0 Å². The van der Waals surface area contributed by atoms with Crippen molar-refractivity contribution in [3.05, 3.63) is 61.8 Å². The number of hydrogen-bond acceptors (Lipinski definition) is 2. The topological polar surface area (TPSA) is 21.3 Å². The molecule has 3 rings (SSSR count). The minimum absolute atomic E-state index is 0.0654. The van der Waals surface area contributed by atoms with Crippen LogP contribution in [0, 0.1) is 5.82 Å². The maximum atomic E-state index is 13.3. The van der Waals surface area contributed by atoms with Crippen molar-refractivity contribution in [3.8, 4) is 5.75 Å². The fourth-order valence-corrected chi connectivity index (χ4v) is 3.83. The Kier molecular flexibility index (Phi) is 4.33. The van der Waals surface area contributed by atoms with Crippen LogP contribution in [0.2, 0.25) is 0 Å². The van der Waals surface area contributed by atoms with Crippen LogP contribution in [0.3, 0.4) is 0 Å². The Labute approximate surface area is 140 Å². The van der Waals surface area contributed by atoms with Gasteiger partial charge in [0.15, 0.2) is 0 Å². The molecule has 0 amide bonds. The summed E-state index contributed by atoms with van der Waals surface area (Å²) in [7, 11) is 1.89. The zero-order chi connectivity index (χ0) is 15.0. The molecule has 21 heavy (non-hydrogen) atoms. The number of nitrogens with one attached hydrogen (secondary N) is 1. The first kappa shape index (κ1) is 15.0. The summed E-state index contributed by atoms with van der Waals surface area (Å²) in [6, 6.07) is 8.84. The van der Waals surface area contributed by atoms with Crippen LogP contribution in [-0.4, -0.2) is 13.7 Å². The Morgan fingerprint density at radius 3 is 2.71 bits per heavy atom. The predicted molar refractivity (Wildman–Crippen MR) is 88.3 cm³/mol. The molecule has 0 fully saturated rings. The minimum Gasteiger partial charge on any atom is -0.493 e. The molecule has 2 nitrogen and oxygen atoms in total. The van der Waals surface area contributed by atoms with Crippen LogP contribution >= 0.6 is 31.9 Å². The minimum atomic E-state index is -0.254. The van der Waals surface area contributed by atoms with Gasteiger partial charge in [-0.2, -0.15) is 0 Å². The van der Waals surface area contributed by atoms with Gasteiger partial charge in [0.2, 0.25) is 0 Å². The van der Waals surface area contributed by atoms with Crippen LogP contribution < -0.4 is 10.1 Å². The van der Waals surface area contributed by atoms with E-state index >= 15 is 0 Å². The largest absolute Gasteiger partial charge is 0.493 e. The van der Waals surface area contributed by atoms with Crippen molar-refractivity contribution in [2.75, 3.05) is 13.7 Å². The van der Waals surface area contributed by atoms with Crippen molar-refractivity contribution in [1.29, 1.82) is 0 Å². The average molecular weight is 415 g/mol. The SMILES string of the molecule is CNC(c1ccc(F)cc1Br)c1cc(Br)cc2c1OCC2. The maximum absolute atomic E-state index is 13.3. The number of benzene rings is 2. The Bertz CT molecular complexity index is 690. The van der Waals surface area contributed by atoms with Crippen molar-refractivity contribution in [2.45, 2.75) is 12.5 Å². The molecule has 1 unspecified atom stereocenters. The molecule has 1 aliphatic heterocycles. The van der Waals surface area contributed by atoms with Gasteiger partial charge < -0.3 is 10.1 Å². The predicted octanol–water partition coefficient (Wildman–Crippen LogP) is 4.59. The van der Waals surface area contributed by atoms with Crippen LogP contribution in [0.15, 0.2) is 39.3 Å². The molecule has 0 saturated carbocycles.